The van der Waals surface area contributed by atoms with Crippen LogP contribution in [0.2, 0.25) is 0 Å². The summed E-state index contributed by atoms with van der Waals surface area (Å²) in [7, 11) is 1.60. The number of likely N-dealkylation sites (tertiary alicyclic amines) is 1. The third-order valence-electron chi connectivity index (χ3n) is 6.60. The third-order valence-corrected chi connectivity index (χ3v) is 6.60. The Balaban J connectivity index is 1.54. The van der Waals surface area contributed by atoms with Crippen LogP contribution in [0.4, 0.5) is 4.79 Å². The molecule has 1 aromatic carbocycles. The zero-order valence-electron chi connectivity index (χ0n) is 16.2. The van der Waals surface area contributed by atoms with Gasteiger partial charge in [0, 0.05) is 12.6 Å². The first kappa shape index (κ1) is 18.3. The molecule has 3 fully saturated rings. The number of amides is 3. The molecule has 0 radical (unpaired) electrons. The van der Waals surface area contributed by atoms with Crippen LogP contribution in [0.25, 0.3) is 0 Å². The summed E-state index contributed by atoms with van der Waals surface area (Å²) in [6.07, 6.45) is 7.45. The van der Waals surface area contributed by atoms with Crippen LogP contribution in [0.5, 0.6) is 5.75 Å². The molecule has 1 aliphatic carbocycles. The van der Waals surface area contributed by atoms with Crippen molar-refractivity contribution < 1.29 is 14.3 Å². The van der Waals surface area contributed by atoms with Crippen molar-refractivity contribution in [3.8, 4) is 5.75 Å². The van der Waals surface area contributed by atoms with Crippen molar-refractivity contribution in [2.45, 2.75) is 57.0 Å². The molecule has 2 aliphatic heterocycles. The van der Waals surface area contributed by atoms with E-state index in [0.29, 0.717) is 18.5 Å². The molecule has 6 nitrogen and oxygen atoms in total. The van der Waals surface area contributed by atoms with Gasteiger partial charge >= 0.3 is 6.03 Å². The van der Waals surface area contributed by atoms with Crippen molar-refractivity contribution in [1.82, 2.24) is 15.1 Å². The second kappa shape index (κ2) is 7.15. The van der Waals surface area contributed by atoms with Crippen LogP contribution in [-0.4, -0.2) is 48.1 Å². The van der Waals surface area contributed by atoms with Gasteiger partial charge in [-0.2, -0.15) is 0 Å². The molecule has 1 aromatic rings. The van der Waals surface area contributed by atoms with E-state index in [-0.39, 0.29) is 11.9 Å². The average molecular weight is 371 g/mol. The second-order valence-corrected chi connectivity index (χ2v) is 8.23. The number of urea groups is 1. The number of hydrogen-bond acceptors (Lipinski definition) is 4. The molecule has 1 N–H and O–H groups in total. The SMILES string of the molecule is COc1cccc([C@]2(C)NC(=O)N(CN3CCC[C@H]4CCCC[C@@H]43)C2=O)c1. The molecule has 6 heteroatoms. The quantitative estimate of drug-likeness (QED) is 0.827. The number of carbonyl (C=O) groups is 2. The fourth-order valence-electron chi connectivity index (χ4n) is 5.04. The van der Waals surface area contributed by atoms with Gasteiger partial charge in [-0.3, -0.25) is 9.69 Å². The molecule has 2 heterocycles. The number of benzene rings is 1. The van der Waals surface area contributed by atoms with E-state index in [9.17, 15) is 9.59 Å². The molecule has 4 rings (SSSR count). The van der Waals surface area contributed by atoms with Crippen LogP contribution in [0.15, 0.2) is 24.3 Å². The van der Waals surface area contributed by atoms with Crippen LogP contribution >= 0.6 is 0 Å². The van der Waals surface area contributed by atoms with Crippen molar-refractivity contribution in [2.75, 3.05) is 20.3 Å². The molecular formula is C21H29N3O3. The van der Waals surface area contributed by atoms with Gasteiger partial charge in [0.1, 0.15) is 11.3 Å². The lowest BCUT2D eigenvalue weighted by molar-refractivity contribution is -0.133. The highest BCUT2D eigenvalue weighted by Crippen LogP contribution is 2.36. The Kier molecular flexibility index (Phi) is 4.84. The lowest BCUT2D eigenvalue weighted by atomic mass is 9.78. The molecule has 3 aliphatic rings. The summed E-state index contributed by atoms with van der Waals surface area (Å²) in [6.45, 7) is 3.14. The van der Waals surface area contributed by atoms with Gasteiger partial charge in [-0.25, -0.2) is 9.69 Å². The number of piperidine rings is 1. The van der Waals surface area contributed by atoms with E-state index >= 15 is 0 Å². The molecule has 1 saturated carbocycles. The summed E-state index contributed by atoms with van der Waals surface area (Å²) in [6, 6.07) is 7.57. The molecular weight excluding hydrogens is 342 g/mol. The number of fused-ring (bicyclic) bond motifs is 1. The number of rotatable bonds is 4. The summed E-state index contributed by atoms with van der Waals surface area (Å²) >= 11 is 0. The monoisotopic (exact) mass is 371 g/mol. The topological polar surface area (TPSA) is 61.9 Å². The molecule has 146 valence electrons. The van der Waals surface area contributed by atoms with E-state index < -0.39 is 5.54 Å². The van der Waals surface area contributed by atoms with Gasteiger partial charge < -0.3 is 10.1 Å². The van der Waals surface area contributed by atoms with Gasteiger partial charge in [0.05, 0.1) is 13.8 Å². The predicted octanol–water partition coefficient (Wildman–Crippen LogP) is 3.07. The van der Waals surface area contributed by atoms with E-state index in [4.69, 9.17) is 4.74 Å². The van der Waals surface area contributed by atoms with Gasteiger partial charge in [-0.05, 0) is 56.2 Å². The molecule has 3 atom stereocenters. The summed E-state index contributed by atoms with van der Waals surface area (Å²) < 4.78 is 5.28. The van der Waals surface area contributed by atoms with E-state index in [0.717, 1.165) is 24.4 Å². The highest BCUT2D eigenvalue weighted by molar-refractivity contribution is 6.07. The van der Waals surface area contributed by atoms with Gasteiger partial charge in [0.15, 0.2) is 0 Å². The van der Waals surface area contributed by atoms with Crippen molar-refractivity contribution in [2.24, 2.45) is 5.92 Å². The number of nitrogens with one attached hydrogen (secondary N) is 1. The Labute approximate surface area is 160 Å². The van der Waals surface area contributed by atoms with Crippen LogP contribution in [0.1, 0.15) is 51.0 Å². The molecule has 2 saturated heterocycles. The first-order valence-corrected chi connectivity index (χ1v) is 10.1. The maximum Gasteiger partial charge on any atom is 0.326 e. The number of hydrogen-bond donors (Lipinski definition) is 1. The zero-order valence-corrected chi connectivity index (χ0v) is 16.2. The van der Waals surface area contributed by atoms with Gasteiger partial charge in [-0.1, -0.05) is 25.0 Å². The van der Waals surface area contributed by atoms with Crippen LogP contribution in [0.3, 0.4) is 0 Å². The lowest BCUT2D eigenvalue weighted by Gasteiger charge is -2.45. The Morgan fingerprint density at radius 1 is 1.19 bits per heavy atom. The van der Waals surface area contributed by atoms with Crippen molar-refractivity contribution in [3.05, 3.63) is 29.8 Å². The summed E-state index contributed by atoms with van der Waals surface area (Å²) in [5.41, 5.74) is -0.301. The van der Waals surface area contributed by atoms with Crippen LogP contribution < -0.4 is 10.1 Å². The average Bonchev–Trinajstić information content (AvgIpc) is 2.92. The summed E-state index contributed by atoms with van der Waals surface area (Å²) in [5, 5.41) is 2.91. The van der Waals surface area contributed by atoms with Gasteiger partial charge in [-0.15, -0.1) is 0 Å². The molecule has 0 aromatic heterocycles. The Bertz CT molecular complexity index is 735. The number of ether oxygens (including phenoxy) is 1. The molecule has 27 heavy (non-hydrogen) atoms. The van der Waals surface area contributed by atoms with Crippen LogP contribution in [-0.2, 0) is 10.3 Å². The standard InChI is InChI=1S/C21H29N3O3/c1-21(16-9-5-10-17(13-16)27-2)19(25)24(20(26)22-21)14-23-12-6-8-15-7-3-4-11-18(15)23/h5,9-10,13,15,18H,3-4,6-8,11-12,14H2,1-2H3,(H,22,26)/t15-,18+,21+/m1/s1. The highest BCUT2D eigenvalue weighted by atomic mass is 16.5. The number of imide groups is 1. The number of nitrogens with zero attached hydrogens (tertiary/aromatic N) is 2. The van der Waals surface area contributed by atoms with Gasteiger partial charge in [0.25, 0.3) is 5.91 Å². The fraction of sp³-hybridized carbons (Fsp3) is 0.619. The minimum atomic E-state index is -1.05. The Hall–Kier alpha value is -2.08. The fourth-order valence-corrected chi connectivity index (χ4v) is 5.04. The van der Waals surface area contributed by atoms with Gasteiger partial charge in [0.2, 0.25) is 0 Å². The number of carbonyl (C=O) groups excluding carboxylic acids is 2. The zero-order chi connectivity index (χ0) is 19.0. The molecule has 0 spiro atoms. The molecule has 3 amide bonds. The Morgan fingerprint density at radius 3 is 2.78 bits per heavy atom. The highest BCUT2D eigenvalue weighted by Gasteiger charge is 2.50. The summed E-state index contributed by atoms with van der Waals surface area (Å²) in [5.74, 6) is 1.21. The van der Waals surface area contributed by atoms with Crippen molar-refractivity contribution in [1.29, 1.82) is 0 Å². The normalized spacial score (nSPS) is 31.6. The summed E-state index contributed by atoms with van der Waals surface area (Å²) in [4.78, 5) is 29.7. The van der Waals surface area contributed by atoms with E-state index in [1.807, 2.05) is 24.3 Å². The second-order valence-electron chi connectivity index (χ2n) is 8.23. The van der Waals surface area contributed by atoms with Crippen LogP contribution in [0, 0.1) is 5.92 Å². The van der Waals surface area contributed by atoms with E-state index in [2.05, 4.69) is 10.2 Å². The smallest absolute Gasteiger partial charge is 0.326 e. The van der Waals surface area contributed by atoms with E-state index in [1.54, 1.807) is 14.0 Å². The first-order chi connectivity index (χ1) is 13.0. The minimum Gasteiger partial charge on any atom is -0.497 e. The van der Waals surface area contributed by atoms with E-state index in [1.165, 1.54) is 37.0 Å². The number of methoxy groups -OCH3 is 1. The maximum absolute atomic E-state index is 13.2. The maximum atomic E-state index is 13.2. The predicted molar refractivity (Wildman–Crippen MR) is 102 cm³/mol. The van der Waals surface area contributed by atoms with Crippen molar-refractivity contribution >= 4 is 11.9 Å². The Morgan fingerprint density at radius 2 is 1.96 bits per heavy atom. The first-order valence-electron chi connectivity index (χ1n) is 10.1. The largest absolute Gasteiger partial charge is 0.497 e. The van der Waals surface area contributed by atoms with Crippen molar-refractivity contribution in [3.63, 3.8) is 0 Å². The molecule has 0 unspecified atom stereocenters. The lowest BCUT2D eigenvalue weighted by Crippen LogP contribution is -2.52. The molecule has 0 bridgehead atoms. The third kappa shape index (κ3) is 3.20. The minimum absolute atomic E-state index is 0.182.